The molecular formula is C12H16BrN. The molecule has 0 spiro atoms. The quantitative estimate of drug-likeness (QED) is 0.748. The minimum atomic E-state index is 0.600. The first-order valence-corrected chi connectivity index (χ1v) is 6.24. The van der Waals surface area contributed by atoms with Gasteiger partial charge in [-0.1, -0.05) is 29.3 Å². The van der Waals surface area contributed by atoms with Crippen LogP contribution >= 0.6 is 15.9 Å². The molecule has 2 atom stereocenters. The van der Waals surface area contributed by atoms with E-state index in [1.165, 1.54) is 24.8 Å². The summed E-state index contributed by atoms with van der Waals surface area (Å²) in [5, 5.41) is 0. The predicted octanol–water partition coefficient (Wildman–Crippen LogP) is 3.75. The van der Waals surface area contributed by atoms with E-state index in [9.17, 15) is 0 Å². The smallest absolute Gasteiger partial charge is 0.0270 e. The molecule has 1 nitrogen and oxygen atoms in total. The molecule has 14 heavy (non-hydrogen) atoms. The molecule has 1 aliphatic carbocycles. The summed E-state index contributed by atoms with van der Waals surface area (Å²) in [4.78, 5) is 4.69. The summed E-state index contributed by atoms with van der Waals surface area (Å²) in [6.45, 7) is 2.30. The molecule has 0 aromatic carbocycles. The van der Waals surface area contributed by atoms with E-state index in [0.717, 1.165) is 5.92 Å². The Morgan fingerprint density at radius 3 is 2.50 bits per heavy atom. The lowest BCUT2D eigenvalue weighted by Crippen LogP contribution is -2.26. The first kappa shape index (κ1) is 10.2. The Morgan fingerprint density at radius 2 is 2.00 bits per heavy atom. The molecule has 1 aromatic rings. The van der Waals surface area contributed by atoms with Gasteiger partial charge in [0.25, 0.3) is 0 Å². The van der Waals surface area contributed by atoms with Gasteiger partial charge in [-0.15, -0.1) is 0 Å². The summed E-state index contributed by atoms with van der Waals surface area (Å²) in [7, 11) is 0. The van der Waals surface area contributed by atoms with Gasteiger partial charge in [0.2, 0.25) is 0 Å². The maximum atomic E-state index is 4.05. The molecule has 0 bridgehead atoms. The fourth-order valence-electron chi connectivity index (χ4n) is 2.02. The summed E-state index contributed by atoms with van der Waals surface area (Å²) in [6, 6.07) is 4.25. The summed E-state index contributed by atoms with van der Waals surface area (Å²) in [5.74, 6) is 1.49. The molecule has 1 fully saturated rings. The third-order valence-corrected chi connectivity index (χ3v) is 4.85. The average Bonchev–Trinajstić information content (AvgIpc) is 2.15. The van der Waals surface area contributed by atoms with Gasteiger partial charge in [-0.2, -0.15) is 0 Å². The van der Waals surface area contributed by atoms with Crippen LogP contribution in [-0.4, -0.2) is 9.81 Å². The van der Waals surface area contributed by atoms with Gasteiger partial charge >= 0.3 is 0 Å². The van der Waals surface area contributed by atoms with Crippen molar-refractivity contribution >= 4 is 15.9 Å². The number of halogens is 1. The van der Waals surface area contributed by atoms with Gasteiger partial charge in [0, 0.05) is 17.2 Å². The number of hydrogen-bond donors (Lipinski definition) is 0. The number of hydrogen-bond acceptors (Lipinski definition) is 1. The Bertz CT molecular complexity index is 282. The second-order valence-corrected chi connectivity index (χ2v) is 5.26. The molecule has 1 aromatic heterocycles. The minimum Gasteiger partial charge on any atom is -0.265 e. The number of alkyl halides is 1. The van der Waals surface area contributed by atoms with Gasteiger partial charge in [-0.25, -0.2) is 0 Å². The van der Waals surface area contributed by atoms with E-state index in [4.69, 9.17) is 0 Å². The van der Waals surface area contributed by atoms with E-state index in [2.05, 4.69) is 40.0 Å². The minimum absolute atomic E-state index is 0.600. The second-order valence-electron chi connectivity index (χ2n) is 4.20. The summed E-state index contributed by atoms with van der Waals surface area (Å²) >= 11 is 3.84. The molecule has 2 rings (SSSR count). The van der Waals surface area contributed by atoms with E-state index >= 15 is 0 Å². The second kappa shape index (κ2) is 4.43. The van der Waals surface area contributed by atoms with E-state index in [1.54, 1.807) is 0 Å². The number of nitrogens with zero attached hydrogens (tertiary/aromatic N) is 1. The lowest BCUT2D eigenvalue weighted by Gasteiger charge is -2.33. The van der Waals surface area contributed by atoms with Gasteiger partial charge in [0.15, 0.2) is 0 Å². The van der Waals surface area contributed by atoms with E-state index in [1.807, 2.05) is 12.4 Å². The fraction of sp³-hybridized carbons (Fsp3) is 0.583. The largest absolute Gasteiger partial charge is 0.265 e. The molecule has 2 unspecified atom stereocenters. The Hall–Kier alpha value is -0.370. The third kappa shape index (κ3) is 2.00. The highest BCUT2D eigenvalue weighted by Crippen LogP contribution is 2.40. The van der Waals surface area contributed by atoms with Crippen LogP contribution in [0, 0.1) is 5.92 Å². The van der Waals surface area contributed by atoms with Gasteiger partial charge in [-0.05, 0) is 42.4 Å². The van der Waals surface area contributed by atoms with Crippen molar-refractivity contribution in [3.8, 4) is 0 Å². The summed E-state index contributed by atoms with van der Waals surface area (Å²) in [5.41, 5.74) is 1.40. The lowest BCUT2D eigenvalue weighted by molar-refractivity contribution is 0.294. The van der Waals surface area contributed by atoms with Crippen molar-refractivity contribution in [1.82, 2.24) is 4.98 Å². The highest BCUT2D eigenvalue weighted by molar-refractivity contribution is 9.09. The van der Waals surface area contributed by atoms with E-state index in [0.29, 0.717) is 10.7 Å². The molecular weight excluding hydrogens is 238 g/mol. The maximum Gasteiger partial charge on any atom is 0.0270 e. The molecule has 0 amide bonds. The molecule has 0 radical (unpaired) electrons. The van der Waals surface area contributed by atoms with Gasteiger partial charge in [-0.3, -0.25) is 4.98 Å². The van der Waals surface area contributed by atoms with Gasteiger partial charge in [0.05, 0.1) is 0 Å². The van der Waals surface area contributed by atoms with Crippen LogP contribution in [0.4, 0.5) is 0 Å². The highest BCUT2D eigenvalue weighted by atomic mass is 79.9. The highest BCUT2D eigenvalue weighted by Gasteiger charge is 2.29. The Balaban J connectivity index is 2.03. The molecule has 0 saturated heterocycles. The molecule has 1 saturated carbocycles. The third-order valence-electron chi connectivity index (χ3n) is 3.31. The first-order chi connectivity index (χ1) is 6.79. The zero-order chi connectivity index (χ0) is 9.97. The van der Waals surface area contributed by atoms with Crippen molar-refractivity contribution < 1.29 is 0 Å². The van der Waals surface area contributed by atoms with Crippen molar-refractivity contribution in [3.63, 3.8) is 0 Å². The zero-order valence-electron chi connectivity index (χ0n) is 8.49. The topological polar surface area (TPSA) is 12.9 Å². The number of rotatable bonds is 3. The number of pyridine rings is 1. The van der Waals surface area contributed by atoms with Crippen molar-refractivity contribution in [2.75, 3.05) is 0 Å². The van der Waals surface area contributed by atoms with Crippen LogP contribution in [-0.2, 0) is 0 Å². The van der Waals surface area contributed by atoms with Crippen LogP contribution in [0.5, 0.6) is 0 Å². The van der Waals surface area contributed by atoms with E-state index in [-0.39, 0.29) is 0 Å². The summed E-state index contributed by atoms with van der Waals surface area (Å²) in [6.07, 6.45) is 7.96. The Labute approximate surface area is 94.1 Å². The molecule has 0 aliphatic heterocycles. The maximum absolute atomic E-state index is 4.05. The average molecular weight is 254 g/mol. The standard InChI is InChI=1S/C12H16BrN/c1-9(10-5-7-14-8-6-10)12(13)11-3-2-4-11/h5-9,11-12H,2-4H2,1H3. The molecule has 2 heteroatoms. The van der Waals surface area contributed by atoms with Crippen molar-refractivity contribution in [2.24, 2.45) is 5.92 Å². The van der Waals surface area contributed by atoms with Crippen LogP contribution in [0.25, 0.3) is 0 Å². The Kier molecular flexibility index (Phi) is 3.22. The monoisotopic (exact) mass is 253 g/mol. The normalized spacial score (nSPS) is 21.3. The van der Waals surface area contributed by atoms with Crippen LogP contribution in [0.1, 0.15) is 37.7 Å². The van der Waals surface area contributed by atoms with Crippen molar-refractivity contribution in [1.29, 1.82) is 0 Å². The molecule has 1 heterocycles. The van der Waals surface area contributed by atoms with Crippen LogP contribution in [0.2, 0.25) is 0 Å². The predicted molar refractivity (Wildman–Crippen MR) is 62.7 cm³/mol. The lowest BCUT2D eigenvalue weighted by atomic mass is 9.78. The Morgan fingerprint density at radius 1 is 1.36 bits per heavy atom. The summed E-state index contributed by atoms with van der Waals surface area (Å²) < 4.78 is 0. The van der Waals surface area contributed by atoms with Crippen LogP contribution in [0.3, 0.4) is 0 Å². The van der Waals surface area contributed by atoms with Crippen LogP contribution < -0.4 is 0 Å². The molecule has 1 aliphatic rings. The fourth-order valence-corrected chi connectivity index (χ4v) is 2.85. The molecule has 0 N–H and O–H groups in total. The van der Waals surface area contributed by atoms with Crippen LogP contribution in [0.15, 0.2) is 24.5 Å². The van der Waals surface area contributed by atoms with Gasteiger partial charge in [0.1, 0.15) is 0 Å². The van der Waals surface area contributed by atoms with Crippen molar-refractivity contribution in [3.05, 3.63) is 30.1 Å². The first-order valence-electron chi connectivity index (χ1n) is 5.33. The number of aromatic nitrogens is 1. The zero-order valence-corrected chi connectivity index (χ0v) is 10.1. The van der Waals surface area contributed by atoms with E-state index < -0.39 is 0 Å². The SMILES string of the molecule is CC(c1ccncc1)C(Br)C1CCC1. The molecule has 76 valence electrons. The van der Waals surface area contributed by atoms with Gasteiger partial charge < -0.3 is 0 Å². The van der Waals surface area contributed by atoms with Crippen molar-refractivity contribution in [2.45, 2.75) is 36.9 Å².